The number of nitrogens with one attached hydrogen (secondary N) is 1. The van der Waals surface area contributed by atoms with Crippen LogP contribution in [-0.2, 0) is 11.3 Å². The van der Waals surface area contributed by atoms with Crippen molar-refractivity contribution in [3.8, 4) is 11.3 Å². The fraction of sp³-hybridized carbons (Fsp3) is 0.200. The van der Waals surface area contributed by atoms with E-state index >= 15 is 0 Å². The predicted molar refractivity (Wildman–Crippen MR) is 116 cm³/mol. The molecule has 0 aliphatic carbocycles. The van der Waals surface area contributed by atoms with Gasteiger partial charge in [-0.3, -0.25) is 14.9 Å². The van der Waals surface area contributed by atoms with Crippen molar-refractivity contribution < 1.29 is 22.9 Å². The highest BCUT2D eigenvalue weighted by molar-refractivity contribution is 8.00. The molecular formula is C20H16ClF3N4O3S. The number of carbonyl (C=O) groups is 1. The Balaban J connectivity index is 1.81. The van der Waals surface area contributed by atoms with Gasteiger partial charge in [0.1, 0.15) is 6.54 Å². The first kappa shape index (κ1) is 23.6. The summed E-state index contributed by atoms with van der Waals surface area (Å²) in [6.45, 7) is 0.246. The maximum Gasteiger partial charge on any atom is 0.406 e. The third kappa shape index (κ3) is 5.80. The summed E-state index contributed by atoms with van der Waals surface area (Å²) in [7, 11) is 0. The SMILES string of the molecule is CC(Sc1ncc(-c2ccccc2)n1CC(F)(F)F)C(=O)Nc1ccc([N+](=O)[O-])cc1Cl. The first-order valence-electron chi connectivity index (χ1n) is 9.14. The molecule has 0 bridgehead atoms. The van der Waals surface area contributed by atoms with Crippen molar-refractivity contribution in [2.75, 3.05) is 5.32 Å². The number of non-ortho nitro benzene ring substituents is 1. The van der Waals surface area contributed by atoms with Crippen LogP contribution in [0.15, 0.2) is 59.9 Å². The quantitative estimate of drug-likeness (QED) is 0.260. The molecule has 1 amide bonds. The van der Waals surface area contributed by atoms with Gasteiger partial charge in [0.2, 0.25) is 5.91 Å². The molecule has 2 aromatic carbocycles. The number of anilines is 1. The fourth-order valence-electron chi connectivity index (χ4n) is 2.79. The Morgan fingerprint density at radius 1 is 1.28 bits per heavy atom. The van der Waals surface area contributed by atoms with E-state index in [0.717, 1.165) is 22.4 Å². The second kappa shape index (κ2) is 9.61. The van der Waals surface area contributed by atoms with Crippen LogP contribution in [0.4, 0.5) is 24.5 Å². The first-order valence-corrected chi connectivity index (χ1v) is 10.4. The molecule has 1 aromatic heterocycles. The average Bonchev–Trinajstić information content (AvgIpc) is 3.10. The first-order chi connectivity index (χ1) is 15.0. The van der Waals surface area contributed by atoms with E-state index in [1.807, 2.05) is 0 Å². The number of benzene rings is 2. The minimum atomic E-state index is -4.49. The van der Waals surface area contributed by atoms with Gasteiger partial charge in [-0.05, 0) is 18.6 Å². The zero-order valence-corrected chi connectivity index (χ0v) is 18.0. The molecule has 0 aliphatic rings. The van der Waals surface area contributed by atoms with Gasteiger partial charge < -0.3 is 9.88 Å². The van der Waals surface area contributed by atoms with Crippen LogP contribution < -0.4 is 5.32 Å². The van der Waals surface area contributed by atoms with Crippen LogP contribution in [0, 0.1) is 10.1 Å². The third-order valence-electron chi connectivity index (χ3n) is 4.30. The predicted octanol–water partition coefficient (Wildman–Crippen LogP) is 5.79. The normalized spacial score (nSPS) is 12.4. The Kier molecular flexibility index (Phi) is 7.09. The number of thioether (sulfide) groups is 1. The molecule has 0 spiro atoms. The Labute approximate surface area is 189 Å². The number of aromatic nitrogens is 2. The van der Waals surface area contributed by atoms with E-state index in [1.54, 1.807) is 30.3 Å². The van der Waals surface area contributed by atoms with E-state index in [-0.39, 0.29) is 27.2 Å². The number of nitrogens with zero attached hydrogens (tertiary/aromatic N) is 3. The van der Waals surface area contributed by atoms with Crippen molar-refractivity contribution in [2.45, 2.75) is 30.1 Å². The third-order valence-corrected chi connectivity index (χ3v) is 5.72. The number of halogens is 4. The second-order valence-electron chi connectivity index (χ2n) is 6.66. The Morgan fingerprint density at radius 2 is 1.97 bits per heavy atom. The Morgan fingerprint density at radius 3 is 2.56 bits per heavy atom. The summed E-state index contributed by atoms with van der Waals surface area (Å²) in [5.41, 5.74) is 0.749. The van der Waals surface area contributed by atoms with E-state index in [2.05, 4.69) is 10.3 Å². The molecular weight excluding hydrogens is 469 g/mol. The smallest absolute Gasteiger partial charge is 0.324 e. The molecule has 0 radical (unpaired) electrons. The molecule has 0 saturated heterocycles. The molecule has 0 aliphatic heterocycles. The Hall–Kier alpha value is -3.05. The number of alkyl halides is 3. The molecule has 0 fully saturated rings. The highest BCUT2D eigenvalue weighted by atomic mass is 35.5. The number of nitro groups is 1. The number of hydrogen-bond acceptors (Lipinski definition) is 5. The molecule has 3 aromatic rings. The number of amides is 1. The summed E-state index contributed by atoms with van der Waals surface area (Å²) < 4.78 is 40.7. The molecule has 1 heterocycles. The minimum Gasteiger partial charge on any atom is -0.324 e. The number of imidazole rings is 1. The van der Waals surface area contributed by atoms with Gasteiger partial charge >= 0.3 is 6.18 Å². The summed E-state index contributed by atoms with van der Waals surface area (Å²) in [5.74, 6) is -0.548. The second-order valence-corrected chi connectivity index (χ2v) is 8.38. The molecule has 1 atom stereocenters. The molecule has 1 N–H and O–H groups in total. The van der Waals surface area contributed by atoms with Crippen molar-refractivity contribution in [2.24, 2.45) is 0 Å². The van der Waals surface area contributed by atoms with Crippen molar-refractivity contribution in [1.82, 2.24) is 9.55 Å². The van der Waals surface area contributed by atoms with Crippen molar-refractivity contribution >= 4 is 40.6 Å². The Bertz CT molecular complexity index is 1140. The van der Waals surface area contributed by atoms with Gasteiger partial charge in [-0.25, -0.2) is 4.98 Å². The molecule has 3 rings (SSSR count). The monoisotopic (exact) mass is 484 g/mol. The summed E-state index contributed by atoms with van der Waals surface area (Å²) in [4.78, 5) is 26.9. The zero-order valence-electron chi connectivity index (χ0n) is 16.5. The number of nitro benzene ring substituents is 1. The van der Waals surface area contributed by atoms with Crippen molar-refractivity contribution in [3.05, 3.63) is 69.9 Å². The lowest BCUT2D eigenvalue weighted by atomic mass is 10.2. The van der Waals surface area contributed by atoms with E-state index in [4.69, 9.17) is 11.6 Å². The van der Waals surface area contributed by atoms with Gasteiger partial charge in [0.15, 0.2) is 5.16 Å². The van der Waals surface area contributed by atoms with Gasteiger partial charge in [-0.1, -0.05) is 53.7 Å². The minimum absolute atomic E-state index is 0.0265. The fourth-order valence-corrected chi connectivity index (χ4v) is 3.90. The highest BCUT2D eigenvalue weighted by Crippen LogP contribution is 2.33. The maximum atomic E-state index is 13.2. The number of hydrogen-bond donors (Lipinski definition) is 1. The highest BCUT2D eigenvalue weighted by Gasteiger charge is 2.31. The molecule has 12 heteroatoms. The average molecular weight is 485 g/mol. The van der Waals surface area contributed by atoms with E-state index in [9.17, 15) is 28.1 Å². The van der Waals surface area contributed by atoms with Crippen LogP contribution in [0.2, 0.25) is 5.02 Å². The topological polar surface area (TPSA) is 90.1 Å². The number of rotatable bonds is 7. The van der Waals surface area contributed by atoms with Crippen LogP contribution in [0.3, 0.4) is 0 Å². The number of carbonyl (C=O) groups excluding carboxylic acids is 1. The van der Waals surface area contributed by atoms with Gasteiger partial charge in [0.25, 0.3) is 5.69 Å². The lowest BCUT2D eigenvalue weighted by Gasteiger charge is -2.16. The van der Waals surface area contributed by atoms with Crippen LogP contribution >= 0.6 is 23.4 Å². The van der Waals surface area contributed by atoms with Gasteiger partial charge in [0.05, 0.1) is 32.8 Å². The van der Waals surface area contributed by atoms with Crippen LogP contribution in [0.5, 0.6) is 0 Å². The van der Waals surface area contributed by atoms with Gasteiger partial charge in [-0.15, -0.1) is 0 Å². The van der Waals surface area contributed by atoms with Gasteiger partial charge in [-0.2, -0.15) is 13.2 Å². The van der Waals surface area contributed by atoms with Crippen molar-refractivity contribution in [1.29, 1.82) is 0 Å². The van der Waals surface area contributed by atoms with Gasteiger partial charge in [0, 0.05) is 12.1 Å². The lowest BCUT2D eigenvalue weighted by molar-refractivity contribution is -0.384. The van der Waals surface area contributed by atoms with E-state index < -0.39 is 28.8 Å². The van der Waals surface area contributed by atoms with Crippen LogP contribution in [0.1, 0.15) is 6.92 Å². The summed E-state index contributed by atoms with van der Waals surface area (Å²) >= 11 is 6.84. The van der Waals surface area contributed by atoms with Crippen molar-refractivity contribution in [3.63, 3.8) is 0 Å². The molecule has 168 valence electrons. The summed E-state index contributed by atoms with van der Waals surface area (Å²) in [6, 6.07) is 12.1. The molecule has 1 unspecified atom stereocenters. The van der Waals surface area contributed by atoms with E-state index in [1.165, 1.54) is 25.3 Å². The summed E-state index contributed by atoms with van der Waals surface area (Å²) in [5, 5.41) is 12.5. The van der Waals surface area contributed by atoms with Crippen LogP contribution in [0.25, 0.3) is 11.3 Å². The molecule has 7 nitrogen and oxygen atoms in total. The zero-order chi connectivity index (χ0) is 23.5. The van der Waals surface area contributed by atoms with Crippen LogP contribution in [-0.4, -0.2) is 31.8 Å². The largest absolute Gasteiger partial charge is 0.406 e. The maximum absolute atomic E-state index is 13.2. The molecule has 0 saturated carbocycles. The standard InChI is InChI=1S/C20H16ClF3N4O3S/c1-12(18(29)26-16-8-7-14(28(30)31)9-15(16)21)32-19-25-10-17(13-5-3-2-4-6-13)27(19)11-20(22,23)24/h2-10,12H,11H2,1H3,(H,26,29). The lowest BCUT2D eigenvalue weighted by Crippen LogP contribution is -2.24. The molecule has 32 heavy (non-hydrogen) atoms. The summed E-state index contributed by atoms with van der Waals surface area (Å²) in [6.07, 6.45) is -3.15. The van der Waals surface area contributed by atoms with E-state index in [0.29, 0.717) is 5.56 Å².